The molecular weight excluding hydrogens is 556 g/mol. The molecule has 3 aromatic carbocycles. The Morgan fingerprint density at radius 1 is 0.857 bits per heavy atom. The number of carbonyl (C=O) groups is 2. The Morgan fingerprint density at radius 3 is 2.12 bits per heavy atom. The topological polar surface area (TPSA) is 137 Å². The zero-order valence-corrected chi connectivity index (χ0v) is 23.8. The molecule has 10 nitrogen and oxygen atoms in total. The molecule has 5 rings (SSSR count). The Kier molecular flexibility index (Phi) is 7.68. The van der Waals surface area contributed by atoms with Gasteiger partial charge in [-0.3, -0.25) is 19.0 Å². The van der Waals surface area contributed by atoms with Gasteiger partial charge in [0.05, 0.1) is 16.3 Å². The number of sulfone groups is 1. The van der Waals surface area contributed by atoms with Crippen LogP contribution in [-0.2, 0) is 16.4 Å². The third-order valence-electron chi connectivity index (χ3n) is 6.58. The maximum absolute atomic E-state index is 13.0. The van der Waals surface area contributed by atoms with Crippen LogP contribution >= 0.6 is 0 Å². The molecule has 0 aliphatic heterocycles. The first-order valence-electron chi connectivity index (χ1n) is 12.9. The third-order valence-corrected chi connectivity index (χ3v) is 7.71. The number of benzene rings is 3. The Bertz CT molecular complexity index is 1980. The molecule has 5 aromatic rings. The van der Waals surface area contributed by atoms with E-state index in [2.05, 4.69) is 15.3 Å². The van der Waals surface area contributed by atoms with E-state index < -0.39 is 9.84 Å². The van der Waals surface area contributed by atoms with Crippen molar-refractivity contribution in [2.75, 3.05) is 6.26 Å². The zero-order chi connectivity index (χ0) is 30.0. The average molecular weight is 583 g/mol. The molecule has 0 bridgehead atoms. The van der Waals surface area contributed by atoms with Crippen LogP contribution in [0, 0.1) is 6.92 Å². The smallest absolute Gasteiger partial charge is 0.324 e. The summed E-state index contributed by atoms with van der Waals surface area (Å²) in [6, 6.07) is 22.5. The summed E-state index contributed by atoms with van der Waals surface area (Å²) in [5.41, 5.74) is 2.78. The molecule has 0 aliphatic rings. The number of amides is 1. The number of aryl methyl sites for hydroxylation is 1. The Labute approximate surface area is 241 Å². The molecule has 0 aliphatic carbocycles. The van der Waals surface area contributed by atoms with Crippen LogP contribution in [0.2, 0.25) is 0 Å². The van der Waals surface area contributed by atoms with Gasteiger partial charge in [0.15, 0.2) is 21.3 Å². The SMILES string of the molecule is CC(=O)c1ccc(Oc2nc(C)c3ccc(=O)n(-c4ccc(C(=O)NCc5ccc(S(C)(=O)=O)cc5)cc4)c3n2)cc1. The largest absolute Gasteiger partial charge is 0.424 e. The van der Waals surface area contributed by atoms with E-state index in [9.17, 15) is 22.8 Å². The van der Waals surface area contributed by atoms with Gasteiger partial charge in [-0.25, -0.2) is 8.42 Å². The van der Waals surface area contributed by atoms with Crippen LogP contribution in [0.5, 0.6) is 11.8 Å². The lowest BCUT2D eigenvalue weighted by Crippen LogP contribution is -2.23. The van der Waals surface area contributed by atoms with Crippen LogP contribution in [0.4, 0.5) is 0 Å². The Hall–Kier alpha value is -5.16. The van der Waals surface area contributed by atoms with Gasteiger partial charge < -0.3 is 10.1 Å². The molecule has 0 saturated heterocycles. The van der Waals surface area contributed by atoms with Crippen molar-refractivity contribution < 1.29 is 22.7 Å². The number of rotatable bonds is 8. The fourth-order valence-corrected chi connectivity index (χ4v) is 4.93. The van der Waals surface area contributed by atoms with Crippen LogP contribution < -0.4 is 15.6 Å². The van der Waals surface area contributed by atoms with Gasteiger partial charge in [0.2, 0.25) is 0 Å². The van der Waals surface area contributed by atoms with E-state index in [0.29, 0.717) is 39.3 Å². The van der Waals surface area contributed by atoms with Gasteiger partial charge in [-0.05, 0) is 86.1 Å². The summed E-state index contributed by atoms with van der Waals surface area (Å²) in [5.74, 6) is 0.0435. The molecule has 0 atom stereocenters. The summed E-state index contributed by atoms with van der Waals surface area (Å²) >= 11 is 0. The number of hydrogen-bond acceptors (Lipinski definition) is 8. The first kappa shape index (κ1) is 28.4. The van der Waals surface area contributed by atoms with Crippen molar-refractivity contribution in [1.82, 2.24) is 19.9 Å². The minimum absolute atomic E-state index is 0.0375. The quantitative estimate of drug-likeness (QED) is 0.266. The van der Waals surface area contributed by atoms with E-state index in [4.69, 9.17) is 4.74 Å². The second kappa shape index (κ2) is 11.4. The number of Topliss-reactive ketones (excluding diaryl/α,β-unsaturated/α-hetero) is 1. The molecule has 1 amide bonds. The van der Waals surface area contributed by atoms with Crippen LogP contribution in [0.3, 0.4) is 0 Å². The molecule has 1 N–H and O–H groups in total. The summed E-state index contributed by atoms with van der Waals surface area (Å²) in [6.07, 6.45) is 1.14. The maximum atomic E-state index is 13.0. The molecule has 212 valence electrons. The number of nitrogens with one attached hydrogen (secondary N) is 1. The standard InChI is InChI=1S/C31H26N4O6S/c1-19-27-16-17-28(37)35(29(27)34-31(33-19)41-25-12-8-22(9-13-25)20(2)36)24-10-6-23(7-11-24)30(38)32-18-21-4-14-26(15-5-21)42(3,39)40/h4-17H,18H2,1-3H3,(H,32,38). The highest BCUT2D eigenvalue weighted by atomic mass is 32.2. The van der Waals surface area contributed by atoms with Gasteiger partial charge in [0.1, 0.15) is 5.75 Å². The molecule has 11 heteroatoms. The molecule has 42 heavy (non-hydrogen) atoms. The average Bonchev–Trinajstić information content (AvgIpc) is 2.96. The van der Waals surface area contributed by atoms with Crippen molar-refractivity contribution in [3.63, 3.8) is 0 Å². The van der Waals surface area contributed by atoms with Crippen molar-refractivity contribution in [3.8, 4) is 17.4 Å². The van der Waals surface area contributed by atoms with E-state index in [1.807, 2.05) is 0 Å². The number of aromatic nitrogens is 3. The highest BCUT2D eigenvalue weighted by Crippen LogP contribution is 2.24. The monoisotopic (exact) mass is 582 g/mol. The Morgan fingerprint density at radius 2 is 1.50 bits per heavy atom. The predicted molar refractivity (Wildman–Crippen MR) is 157 cm³/mol. The number of pyridine rings is 1. The van der Waals surface area contributed by atoms with Crippen LogP contribution in [0.15, 0.2) is 94.6 Å². The Balaban J connectivity index is 1.38. The summed E-state index contributed by atoms with van der Waals surface area (Å²) in [5, 5.41) is 3.46. The van der Waals surface area contributed by atoms with E-state index in [1.165, 1.54) is 29.7 Å². The van der Waals surface area contributed by atoms with E-state index in [-0.39, 0.29) is 34.7 Å². The molecule has 0 unspecified atom stereocenters. The number of hydrogen-bond donors (Lipinski definition) is 1. The van der Waals surface area contributed by atoms with Crippen molar-refractivity contribution in [2.24, 2.45) is 0 Å². The van der Waals surface area contributed by atoms with Crippen molar-refractivity contribution >= 4 is 32.6 Å². The maximum Gasteiger partial charge on any atom is 0.324 e. The van der Waals surface area contributed by atoms with Crippen molar-refractivity contribution in [1.29, 1.82) is 0 Å². The fourth-order valence-electron chi connectivity index (χ4n) is 4.30. The summed E-state index contributed by atoms with van der Waals surface area (Å²) < 4.78 is 30.5. The molecule has 0 fully saturated rings. The van der Waals surface area contributed by atoms with E-state index in [1.54, 1.807) is 73.7 Å². The van der Waals surface area contributed by atoms with E-state index in [0.717, 1.165) is 11.8 Å². The number of ketones is 1. The number of fused-ring (bicyclic) bond motifs is 1. The molecule has 2 aromatic heterocycles. The van der Waals surface area contributed by atoms with Gasteiger partial charge in [0, 0.05) is 35.4 Å². The molecule has 2 heterocycles. The van der Waals surface area contributed by atoms with Gasteiger partial charge in [-0.15, -0.1) is 0 Å². The summed E-state index contributed by atoms with van der Waals surface area (Å²) in [4.78, 5) is 46.5. The van der Waals surface area contributed by atoms with Gasteiger partial charge in [-0.2, -0.15) is 9.97 Å². The highest BCUT2D eigenvalue weighted by Gasteiger charge is 2.14. The summed E-state index contributed by atoms with van der Waals surface area (Å²) in [7, 11) is -3.30. The number of ether oxygens (including phenoxy) is 1. The summed E-state index contributed by atoms with van der Waals surface area (Å²) in [6.45, 7) is 3.48. The van der Waals surface area contributed by atoms with Gasteiger partial charge >= 0.3 is 6.01 Å². The highest BCUT2D eigenvalue weighted by molar-refractivity contribution is 7.90. The lowest BCUT2D eigenvalue weighted by atomic mass is 10.1. The lowest BCUT2D eigenvalue weighted by Gasteiger charge is -2.13. The molecule has 0 radical (unpaired) electrons. The van der Waals surface area contributed by atoms with Crippen LogP contribution in [-0.4, -0.2) is 40.9 Å². The van der Waals surface area contributed by atoms with Crippen LogP contribution in [0.25, 0.3) is 16.7 Å². The van der Waals surface area contributed by atoms with Crippen molar-refractivity contribution in [3.05, 3.63) is 118 Å². The first-order valence-corrected chi connectivity index (χ1v) is 14.8. The molecular formula is C31H26N4O6S. The zero-order valence-electron chi connectivity index (χ0n) is 23.0. The molecule has 0 spiro atoms. The van der Waals surface area contributed by atoms with Gasteiger partial charge in [-0.1, -0.05) is 12.1 Å². The minimum atomic E-state index is -3.30. The van der Waals surface area contributed by atoms with E-state index >= 15 is 0 Å². The number of carbonyl (C=O) groups excluding carboxylic acids is 2. The van der Waals surface area contributed by atoms with Crippen LogP contribution in [0.1, 0.15) is 38.9 Å². The second-order valence-corrected chi connectivity index (χ2v) is 11.7. The van der Waals surface area contributed by atoms with Crippen molar-refractivity contribution in [2.45, 2.75) is 25.3 Å². The fraction of sp³-hybridized carbons (Fsp3) is 0.129. The molecule has 0 saturated carbocycles. The van der Waals surface area contributed by atoms with Gasteiger partial charge in [0.25, 0.3) is 11.5 Å². The number of nitrogens with zero attached hydrogens (tertiary/aromatic N) is 3. The minimum Gasteiger partial charge on any atom is -0.424 e. The second-order valence-electron chi connectivity index (χ2n) is 9.66. The third kappa shape index (κ3) is 6.11. The predicted octanol–water partition coefficient (Wildman–Crippen LogP) is 4.42. The lowest BCUT2D eigenvalue weighted by molar-refractivity contribution is 0.0950. The normalized spacial score (nSPS) is 11.3. The first-order chi connectivity index (χ1) is 20.0.